The molecule has 1 N–H and O–H groups in total. The zero-order chi connectivity index (χ0) is 17.9. The Bertz CT molecular complexity index is 950. The number of hydrogen-bond donors (Lipinski definition) is 1. The molecule has 0 aliphatic heterocycles. The Hall–Kier alpha value is -2.09. The SMILES string of the molecule is Cc1ccc(Cc2cnc(CNS(=O)(=O)c3ccc(F)cc3)s2)cc1. The van der Waals surface area contributed by atoms with Gasteiger partial charge in [-0.25, -0.2) is 22.5 Å². The molecule has 7 heteroatoms. The maximum absolute atomic E-state index is 12.9. The molecular formula is C18H17FN2O2S2. The third-order valence-electron chi connectivity index (χ3n) is 3.64. The molecular weight excluding hydrogens is 359 g/mol. The molecule has 130 valence electrons. The molecule has 0 bridgehead atoms. The molecule has 2 aromatic carbocycles. The van der Waals surface area contributed by atoms with Gasteiger partial charge in [0.25, 0.3) is 0 Å². The van der Waals surface area contributed by atoms with Gasteiger partial charge in [0.15, 0.2) is 0 Å². The van der Waals surface area contributed by atoms with E-state index in [9.17, 15) is 12.8 Å². The Balaban J connectivity index is 1.63. The predicted octanol–water partition coefficient (Wildman–Crippen LogP) is 3.66. The van der Waals surface area contributed by atoms with Crippen LogP contribution in [0.3, 0.4) is 0 Å². The van der Waals surface area contributed by atoms with Gasteiger partial charge in [-0.2, -0.15) is 0 Å². The van der Waals surface area contributed by atoms with Crippen LogP contribution in [-0.2, 0) is 23.0 Å². The summed E-state index contributed by atoms with van der Waals surface area (Å²) in [5.74, 6) is -0.473. The summed E-state index contributed by atoms with van der Waals surface area (Å²) in [5.41, 5.74) is 2.40. The smallest absolute Gasteiger partial charge is 0.240 e. The highest BCUT2D eigenvalue weighted by atomic mass is 32.2. The van der Waals surface area contributed by atoms with E-state index >= 15 is 0 Å². The van der Waals surface area contributed by atoms with Crippen molar-refractivity contribution in [3.63, 3.8) is 0 Å². The van der Waals surface area contributed by atoms with E-state index in [4.69, 9.17) is 0 Å². The van der Waals surface area contributed by atoms with Crippen molar-refractivity contribution in [3.05, 3.63) is 81.6 Å². The van der Waals surface area contributed by atoms with Crippen molar-refractivity contribution < 1.29 is 12.8 Å². The standard InChI is InChI=1S/C18H17FN2O2S2/c1-13-2-4-14(5-3-13)10-16-11-20-18(24-16)12-21-25(22,23)17-8-6-15(19)7-9-17/h2-9,11,21H,10,12H2,1H3. The second-order valence-electron chi connectivity index (χ2n) is 5.66. The molecule has 1 aromatic heterocycles. The summed E-state index contributed by atoms with van der Waals surface area (Å²) < 4.78 is 39.8. The lowest BCUT2D eigenvalue weighted by molar-refractivity contribution is 0.580. The second-order valence-corrected chi connectivity index (χ2v) is 8.63. The number of aromatic nitrogens is 1. The number of hydrogen-bond acceptors (Lipinski definition) is 4. The molecule has 0 saturated carbocycles. The molecule has 0 unspecified atom stereocenters. The van der Waals surface area contributed by atoms with Gasteiger partial charge in [-0.15, -0.1) is 11.3 Å². The molecule has 1 heterocycles. The summed E-state index contributed by atoms with van der Waals surface area (Å²) in [6.07, 6.45) is 2.54. The zero-order valence-corrected chi connectivity index (χ0v) is 15.2. The fraction of sp³-hybridized carbons (Fsp3) is 0.167. The number of benzene rings is 2. The normalized spacial score (nSPS) is 11.6. The van der Waals surface area contributed by atoms with E-state index in [1.165, 1.54) is 34.6 Å². The van der Waals surface area contributed by atoms with E-state index in [0.717, 1.165) is 23.4 Å². The lowest BCUT2D eigenvalue weighted by atomic mass is 10.1. The third kappa shape index (κ3) is 4.72. The average Bonchev–Trinajstić information content (AvgIpc) is 3.03. The number of halogens is 1. The minimum Gasteiger partial charge on any atom is -0.248 e. The fourth-order valence-electron chi connectivity index (χ4n) is 2.27. The van der Waals surface area contributed by atoms with Crippen LogP contribution in [-0.4, -0.2) is 13.4 Å². The summed E-state index contributed by atoms with van der Waals surface area (Å²) >= 11 is 1.47. The van der Waals surface area contributed by atoms with E-state index in [1.807, 2.05) is 6.92 Å². The van der Waals surface area contributed by atoms with Crippen LogP contribution >= 0.6 is 11.3 Å². The van der Waals surface area contributed by atoms with Crippen molar-refractivity contribution in [2.24, 2.45) is 0 Å². The molecule has 0 saturated heterocycles. The van der Waals surface area contributed by atoms with Gasteiger partial charge < -0.3 is 0 Å². The van der Waals surface area contributed by atoms with Crippen LogP contribution in [0, 0.1) is 12.7 Å². The lowest BCUT2D eigenvalue weighted by Crippen LogP contribution is -2.23. The van der Waals surface area contributed by atoms with E-state index < -0.39 is 15.8 Å². The molecule has 0 spiro atoms. The number of aryl methyl sites for hydroxylation is 1. The molecule has 3 aromatic rings. The van der Waals surface area contributed by atoms with Gasteiger partial charge in [0.2, 0.25) is 10.0 Å². The molecule has 0 aliphatic rings. The van der Waals surface area contributed by atoms with Crippen molar-refractivity contribution in [2.75, 3.05) is 0 Å². The Kier molecular flexibility index (Phi) is 5.27. The number of rotatable bonds is 6. The number of thiazole rings is 1. The molecule has 3 rings (SSSR count). The first-order chi connectivity index (χ1) is 11.9. The monoisotopic (exact) mass is 376 g/mol. The Morgan fingerprint density at radius 3 is 2.44 bits per heavy atom. The molecule has 4 nitrogen and oxygen atoms in total. The van der Waals surface area contributed by atoms with Gasteiger partial charge in [-0.05, 0) is 36.8 Å². The molecule has 0 radical (unpaired) electrons. The van der Waals surface area contributed by atoms with E-state index in [-0.39, 0.29) is 11.4 Å². The van der Waals surface area contributed by atoms with Crippen LogP contribution in [0.2, 0.25) is 0 Å². The quantitative estimate of drug-likeness (QED) is 0.714. The summed E-state index contributed by atoms with van der Waals surface area (Å²) in [7, 11) is -3.68. The lowest BCUT2D eigenvalue weighted by Gasteiger charge is -2.04. The van der Waals surface area contributed by atoms with E-state index in [0.29, 0.717) is 5.01 Å². The van der Waals surface area contributed by atoms with Crippen molar-refractivity contribution >= 4 is 21.4 Å². The number of nitrogens with zero attached hydrogens (tertiary/aromatic N) is 1. The molecule has 0 aliphatic carbocycles. The van der Waals surface area contributed by atoms with E-state index in [1.54, 1.807) is 6.20 Å². The summed E-state index contributed by atoms with van der Waals surface area (Å²) in [6, 6.07) is 13.0. The van der Waals surface area contributed by atoms with Gasteiger partial charge in [-0.3, -0.25) is 0 Å². The Morgan fingerprint density at radius 1 is 1.08 bits per heavy atom. The van der Waals surface area contributed by atoms with Crippen LogP contribution in [0.1, 0.15) is 21.0 Å². The van der Waals surface area contributed by atoms with Crippen molar-refractivity contribution in [1.82, 2.24) is 9.71 Å². The second kappa shape index (κ2) is 7.43. The fourth-order valence-corrected chi connectivity index (χ4v) is 4.25. The van der Waals surface area contributed by atoms with Gasteiger partial charge >= 0.3 is 0 Å². The van der Waals surface area contributed by atoms with Crippen LogP contribution in [0.25, 0.3) is 0 Å². The Labute approximate surface area is 150 Å². The Morgan fingerprint density at radius 2 is 1.76 bits per heavy atom. The zero-order valence-electron chi connectivity index (χ0n) is 13.6. The van der Waals surface area contributed by atoms with Crippen molar-refractivity contribution in [3.8, 4) is 0 Å². The van der Waals surface area contributed by atoms with Gasteiger partial charge in [0.05, 0.1) is 11.4 Å². The maximum atomic E-state index is 12.9. The van der Waals surface area contributed by atoms with Crippen molar-refractivity contribution in [1.29, 1.82) is 0 Å². The van der Waals surface area contributed by atoms with Gasteiger partial charge in [0, 0.05) is 17.5 Å². The first kappa shape index (κ1) is 17.7. The minimum absolute atomic E-state index is 0.0327. The largest absolute Gasteiger partial charge is 0.248 e. The van der Waals surface area contributed by atoms with Gasteiger partial charge in [0.1, 0.15) is 10.8 Å². The molecule has 0 fully saturated rings. The summed E-state index contributed by atoms with van der Waals surface area (Å²) in [5, 5.41) is 0.688. The molecule has 0 atom stereocenters. The topological polar surface area (TPSA) is 59.1 Å². The summed E-state index contributed by atoms with van der Waals surface area (Å²) in [4.78, 5) is 5.37. The van der Waals surface area contributed by atoms with Crippen LogP contribution in [0.15, 0.2) is 59.6 Å². The van der Waals surface area contributed by atoms with E-state index in [2.05, 4.69) is 34.0 Å². The van der Waals surface area contributed by atoms with Crippen LogP contribution in [0.4, 0.5) is 4.39 Å². The number of sulfonamides is 1. The predicted molar refractivity (Wildman–Crippen MR) is 96.5 cm³/mol. The first-order valence-corrected chi connectivity index (χ1v) is 9.97. The third-order valence-corrected chi connectivity index (χ3v) is 6.05. The average molecular weight is 376 g/mol. The van der Waals surface area contributed by atoms with Crippen LogP contribution in [0.5, 0.6) is 0 Å². The van der Waals surface area contributed by atoms with Crippen molar-refractivity contribution in [2.45, 2.75) is 24.8 Å². The van der Waals surface area contributed by atoms with Gasteiger partial charge in [-0.1, -0.05) is 29.8 Å². The molecule has 0 amide bonds. The highest BCUT2D eigenvalue weighted by Gasteiger charge is 2.14. The highest BCUT2D eigenvalue weighted by molar-refractivity contribution is 7.89. The first-order valence-electron chi connectivity index (χ1n) is 7.67. The minimum atomic E-state index is -3.68. The summed E-state index contributed by atoms with van der Waals surface area (Å²) in [6.45, 7) is 2.15. The highest BCUT2D eigenvalue weighted by Crippen LogP contribution is 2.18. The molecule has 25 heavy (non-hydrogen) atoms. The maximum Gasteiger partial charge on any atom is 0.240 e. The van der Waals surface area contributed by atoms with Crippen LogP contribution < -0.4 is 4.72 Å². The number of nitrogens with one attached hydrogen (secondary N) is 1.